The number of carbonyl (C=O) groups excluding carboxylic acids is 2. The van der Waals surface area contributed by atoms with Crippen molar-refractivity contribution in [3.63, 3.8) is 0 Å². The first-order chi connectivity index (χ1) is 25.4. The van der Waals surface area contributed by atoms with Gasteiger partial charge in [0, 0.05) is 70.7 Å². The fourth-order valence-corrected chi connectivity index (χ4v) is 8.04. The molecule has 0 saturated heterocycles. The number of fused-ring (bicyclic) bond motifs is 6. The summed E-state index contributed by atoms with van der Waals surface area (Å²) >= 11 is 0. The second-order valence-electron chi connectivity index (χ2n) is 14.1. The third-order valence-electron chi connectivity index (χ3n) is 10.6. The smallest absolute Gasteiger partial charge is 0.224 e. The van der Waals surface area contributed by atoms with Crippen LogP contribution in [0.5, 0.6) is 0 Å². The van der Waals surface area contributed by atoms with Crippen molar-refractivity contribution in [3.8, 4) is 0 Å². The Morgan fingerprint density at radius 2 is 0.927 bits per heavy atom. The van der Waals surface area contributed by atoms with Crippen molar-refractivity contribution in [3.05, 3.63) is 131 Å². The molecule has 2 aliphatic rings. The van der Waals surface area contributed by atoms with Gasteiger partial charge < -0.3 is 36.7 Å². The number of amides is 2. The summed E-state index contributed by atoms with van der Waals surface area (Å²) in [5.41, 5.74) is 23.2. The molecule has 0 fully saturated rings. The molecule has 0 unspecified atom stereocenters. The summed E-state index contributed by atoms with van der Waals surface area (Å²) < 4.78 is 4.95. The Hall–Kier alpha value is -4.96. The van der Waals surface area contributed by atoms with Crippen LogP contribution in [0.25, 0.3) is 21.8 Å². The predicted molar refractivity (Wildman–Crippen MR) is 230 cm³/mol. The van der Waals surface area contributed by atoms with Gasteiger partial charge in [0.15, 0.2) is 0 Å². The molecule has 6 aromatic rings. The summed E-state index contributed by atoms with van der Waals surface area (Å²) in [6.45, 7) is 3.57. The van der Waals surface area contributed by atoms with Gasteiger partial charge in [-0.15, -0.1) is 24.8 Å². The molecule has 0 spiro atoms. The van der Waals surface area contributed by atoms with Crippen LogP contribution in [0.2, 0.25) is 0 Å². The first-order valence-corrected chi connectivity index (χ1v) is 18.8. The van der Waals surface area contributed by atoms with E-state index < -0.39 is 0 Å². The summed E-state index contributed by atoms with van der Waals surface area (Å²) in [5.74, 6) is 0.124. The number of rotatable bonds is 10. The Bertz CT molecular complexity index is 2020. The van der Waals surface area contributed by atoms with Crippen molar-refractivity contribution >= 4 is 69.8 Å². The van der Waals surface area contributed by atoms with E-state index in [9.17, 15) is 9.59 Å². The molecule has 2 amide bonds. The van der Waals surface area contributed by atoms with Crippen LogP contribution >= 0.6 is 24.8 Å². The molecule has 11 heteroatoms. The minimum atomic E-state index is 0. The minimum Gasteiger partial charge on any atom is -0.412 e. The highest BCUT2D eigenvalue weighted by Crippen LogP contribution is 2.32. The van der Waals surface area contributed by atoms with Gasteiger partial charge in [0.25, 0.3) is 0 Å². The van der Waals surface area contributed by atoms with Gasteiger partial charge in [-0.1, -0.05) is 60.7 Å². The van der Waals surface area contributed by atoms with Gasteiger partial charge >= 0.3 is 0 Å². The Kier molecular flexibility index (Phi) is 15.6. The lowest BCUT2D eigenvalue weighted by Crippen LogP contribution is -2.27. The second-order valence-corrected chi connectivity index (χ2v) is 14.1. The maximum absolute atomic E-state index is 12.2. The largest absolute Gasteiger partial charge is 0.412 e. The van der Waals surface area contributed by atoms with E-state index in [-0.39, 0.29) is 42.1 Å². The maximum Gasteiger partial charge on any atom is 0.224 e. The lowest BCUT2D eigenvalue weighted by Gasteiger charge is -2.17. The van der Waals surface area contributed by atoms with Crippen LogP contribution in [0.4, 0.5) is 11.4 Å². The molecule has 4 aromatic carbocycles. The molecule has 0 saturated carbocycles. The van der Waals surface area contributed by atoms with E-state index in [1.54, 1.807) is 0 Å². The van der Waals surface area contributed by atoms with Gasteiger partial charge in [-0.3, -0.25) is 9.59 Å². The van der Waals surface area contributed by atoms with Crippen LogP contribution in [0, 0.1) is 0 Å². The number of halogens is 2. The van der Waals surface area contributed by atoms with Crippen molar-refractivity contribution in [1.29, 1.82) is 0 Å². The molecule has 8 rings (SSSR count). The van der Waals surface area contributed by atoms with Gasteiger partial charge in [-0.05, 0) is 110 Å². The summed E-state index contributed by atoms with van der Waals surface area (Å²) in [6.07, 6.45) is 9.87. The number of para-hydroxylation sites is 2. The number of carbonyl (C=O) groups is 2. The molecule has 9 nitrogen and oxygen atoms in total. The van der Waals surface area contributed by atoms with Crippen molar-refractivity contribution < 1.29 is 15.1 Å². The number of nitrogens with zero attached hydrogens (tertiary/aromatic N) is 2. The standard InChI is InChI=1S/2C22H25N3O.2ClH.H2O/c2*23-17-10-8-16(9-11-17)15-22(26)24-13-12-19-18-5-1-2-6-20(18)25-14-4-3-7-21(19)25;;;/h2*1-2,5-6,8-11H,3-4,7,12-15,23H2,(H,24,26);2*1H;1H2. The van der Waals surface area contributed by atoms with Crippen molar-refractivity contribution in [2.45, 2.75) is 77.3 Å². The van der Waals surface area contributed by atoms with Crippen molar-refractivity contribution in [1.82, 2.24) is 19.8 Å². The number of hydrogen-bond donors (Lipinski definition) is 4. The van der Waals surface area contributed by atoms with Crippen LogP contribution in [0.15, 0.2) is 97.1 Å². The highest BCUT2D eigenvalue weighted by molar-refractivity contribution is 5.87. The van der Waals surface area contributed by atoms with E-state index in [0.29, 0.717) is 25.9 Å². The number of anilines is 2. The number of nitrogens with one attached hydrogen (secondary N) is 2. The first-order valence-electron chi connectivity index (χ1n) is 18.8. The normalized spacial score (nSPS) is 12.8. The van der Waals surface area contributed by atoms with Crippen LogP contribution in [0.1, 0.15) is 59.3 Å². The number of nitrogens with two attached hydrogens (primary N) is 2. The van der Waals surface area contributed by atoms with Crippen LogP contribution in [-0.2, 0) is 61.2 Å². The Morgan fingerprint density at radius 1 is 0.545 bits per heavy atom. The third-order valence-corrected chi connectivity index (χ3v) is 10.6. The number of benzene rings is 4. The lowest BCUT2D eigenvalue weighted by atomic mass is 10.0. The summed E-state index contributed by atoms with van der Waals surface area (Å²) in [5, 5.41) is 8.84. The summed E-state index contributed by atoms with van der Waals surface area (Å²) in [7, 11) is 0. The van der Waals surface area contributed by atoms with E-state index in [1.807, 2.05) is 48.5 Å². The van der Waals surface area contributed by atoms with E-state index in [1.165, 1.54) is 70.0 Å². The Balaban J connectivity index is 0.000000232. The van der Waals surface area contributed by atoms with Gasteiger partial charge in [0.05, 0.1) is 12.8 Å². The summed E-state index contributed by atoms with van der Waals surface area (Å²) in [6, 6.07) is 32.3. The minimum absolute atomic E-state index is 0. The SMILES string of the molecule is Cl.Cl.Nc1ccc(CC(=O)NCCc2c3n(c4ccccc24)CCCC3)cc1.Nc1ccc(CC(=O)NCCc2c3n(c4ccccc24)CCCC3)cc1.O. The van der Waals surface area contributed by atoms with Gasteiger partial charge in [0.1, 0.15) is 0 Å². The third kappa shape index (κ3) is 10.2. The quantitative estimate of drug-likeness (QED) is 0.111. The average Bonchev–Trinajstić information content (AvgIpc) is 3.66. The molecular formula is C44H54Cl2N6O3. The zero-order valence-corrected chi connectivity index (χ0v) is 33.0. The topological polar surface area (TPSA) is 152 Å². The molecular weight excluding hydrogens is 731 g/mol. The van der Waals surface area contributed by atoms with Crippen molar-refractivity contribution in [2.75, 3.05) is 24.6 Å². The van der Waals surface area contributed by atoms with Gasteiger partial charge in [-0.2, -0.15) is 0 Å². The van der Waals surface area contributed by atoms with Crippen LogP contribution in [-0.4, -0.2) is 39.5 Å². The van der Waals surface area contributed by atoms with Gasteiger partial charge in [0.2, 0.25) is 11.8 Å². The zero-order chi connectivity index (χ0) is 35.9. The number of aryl methyl sites for hydroxylation is 2. The molecule has 292 valence electrons. The molecule has 4 heterocycles. The number of hydrogen-bond acceptors (Lipinski definition) is 4. The number of aromatic nitrogens is 2. The van der Waals surface area contributed by atoms with E-state index in [2.05, 4.69) is 68.3 Å². The Labute approximate surface area is 336 Å². The molecule has 0 atom stereocenters. The van der Waals surface area contributed by atoms with Crippen LogP contribution in [0.3, 0.4) is 0 Å². The highest BCUT2D eigenvalue weighted by atomic mass is 35.5. The Morgan fingerprint density at radius 3 is 1.33 bits per heavy atom. The molecule has 0 aliphatic carbocycles. The molecule has 2 aliphatic heterocycles. The molecule has 2 aromatic heterocycles. The fourth-order valence-electron chi connectivity index (χ4n) is 8.04. The molecule has 55 heavy (non-hydrogen) atoms. The predicted octanol–water partition coefficient (Wildman–Crippen LogP) is 6.94. The molecule has 0 bridgehead atoms. The second kappa shape index (κ2) is 20.1. The number of nitrogen functional groups attached to an aromatic ring is 2. The van der Waals surface area contributed by atoms with Gasteiger partial charge in [-0.25, -0.2) is 0 Å². The fraction of sp³-hybridized carbons (Fsp3) is 0.318. The van der Waals surface area contributed by atoms with E-state index in [0.717, 1.165) is 61.3 Å². The van der Waals surface area contributed by atoms with Crippen LogP contribution < -0.4 is 22.1 Å². The zero-order valence-electron chi connectivity index (χ0n) is 31.3. The first kappa shape index (κ1) is 42.8. The van der Waals surface area contributed by atoms with E-state index in [4.69, 9.17) is 11.5 Å². The highest BCUT2D eigenvalue weighted by Gasteiger charge is 2.20. The maximum atomic E-state index is 12.2. The molecule has 8 N–H and O–H groups in total. The summed E-state index contributed by atoms with van der Waals surface area (Å²) in [4.78, 5) is 24.5. The lowest BCUT2D eigenvalue weighted by molar-refractivity contribution is -0.121. The molecule has 0 radical (unpaired) electrons. The monoisotopic (exact) mass is 784 g/mol. The van der Waals surface area contributed by atoms with E-state index >= 15 is 0 Å². The van der Waals surface area contributed by atoms with Crippen molar-refractivity contribution in [2.24, 2.45) is 0 Å². The average molecular weight is 786 g/mol.